The summed E-state index contributed by atoms with van der Waals surface area (Å²) in [5, 5.41) is 12.2. The average Bonchev–Trinajstić information content (AvgIpc) is 2.88. The van der Waals surface area contributed by atoms with Crippen molar-refractivity contribution in [2.75, 3.05) is 32.8 Å². The Morgan fingerprint density at radius 3 is 2.85 bits per heavy atom. The zero-order valence-corrected chi connectivity index (χ0v) is 12.0. The summed E-state index contributed by atoms with van der Waals surface area (Å²) in [5.41, 5.74) is 0. The smallest absolute Gasteiger partial charge is 0.317 e. The molecular weight excluding hydrogens is 258 g/mol. The lowest BCUT2D eigenvalue weighted by Gasteiger charge is -2.34. The molecule has 20 heavy (non-hydrogen) atoms. The molecule has 6 nitrogen and oxygen atoms in total. The minimum absolute atomic E-state index is 0.0374. The molecule has 0 radical (unpaired) electrons. The monoisotopic (exact) mass is 283 g/mol. The van der Waals surface area contributed by atoms with E-state index in [-0.39, 0.29) is 24.6 Å². The molecule has 2 saturated heterocycles. The molecule has 0 aromatic heterocycles. The predicted octanol–water partition coefficient (Wildman–Crippen LogP) is 0.555. The Hall–Kier alpha value is -1.30. The Labute approximate surface area is 120 Å². The van der Waals surface area contributed by atoms with Crippen molar-refractivity contribution in [2.45, 2.75) is 44.6 Å². The fourth-order valence-corrected chi connectivity index (χ4v) is 2.96. The summed E-state index contributed by atoms with van der Waals surface area (Å²) in [6.07, 6.45) is 5.37. The predicted molar refractivity (Wildman–Crippen MR) is 75.3 cm³/mol. The molecule has 0 bridgehead atoms. The van der Waals surface area contributed by atoms with Gasteiger partial charge in [0.05, 0.1) is 12.6 Å². The first-order chi connectivity index (χ1) is 9.72. The van der Waals surface area contributed by atoms with Gasteiger partial charge in [-0.25, -0.2) is 4.79 Å². The van der Waals surface area contributed by atoms with Gasteiger partial charge < -0.3 is 20.2 Å². The minimum Gasteiger partial charge on any atom is -0.394 e. The lowest BCUT2D eigenvalue weighted by atomic mass is 10.0. The first-order valence-electron chi connectivity index (χ1n) is 7.65. The van der Waals surface area contributed by atoms with Gasteiger partial charge in [-0.15, -0.1) is 0 Å². The molecule has 2 heterocycles. The zero-order chi connectivity index (χ0) is 14.4. The Bertz CT molecular complexity index is 349. The van der Waals surface area contributed by atoms with E-state index >= 15 is 0 Å². The maximum Gasteiger partial charge on any atom is 0.317 e. The first-order valence-corrected chi connectivity index (χ1v) is 7.65. The SMILES string of the molecule is O=C1CCCN1CCCNC(=O)N1CCCCC1CO. The second-order valence-corrected chi connectivity index (χ2v) is 5.60. The summed E-state index contributed by atoms with van der Waals surface area (Å²) in [7, 11) is 0. The third kappa shape index (κ3) is 3.85. The molecule has 1 unspecified atom stereocenters. The Morgan fingerprint density at radius 1 is 1.30 bits per heavy atom. The van der Waals surface area contributed by atoms with Crippen LogP contribution in [0, 0.1) is 0 Å². The van der Waals surface area contributed by atoms with Crippen molar-refractivity contribution in [3.63, 3.8) is 0 Å². The van der Waals surface area contributed by atoms with Gasteiger partial charge in [0.1, 0.15) is 0 Å². The first kappa shape index (κ1) is 15.1. The molecule has 2 rings (SSSR count). The lowest BCUT2D eigenvalue weighted by molar-refractivity contribution is -0.127. The molecule has 6 heteroatoms. The Morgan fingerprint density at radius 2 is 2.15 bits per heavy atom. The van der Waals surface area contributed by atoms with Crippen LogP contribution in [0.15, 0.2) is 0 Å². The maximum absolute atomic E-state index is 12.1. The summed E-state index contributed by atoms with van der Waals surface area (Å²) >= 11 is 0. The topological polar surface area (TPSA) is 72.9 Å². The summed E-state index contributed by atoms with van der Waals surface area (Å²) < 4.78 is 0. The van der Waals surface area contributed by atoms with Gasteiger partial charge in [-0.2, -0.15) is 0 Å². The van der Waals surface area contributed by atoms with Crippen molar-refractivity contribution in [3.8, 4) is 0 Å². The van der Waals surface area contributed by atoms with E-state index in [9.17, 15) is 14.7 Å². The van der Waals surface area contributed by atoms with E-state index in [2.05, 4.69) is 5.32 Å². The number of nitrogens with zero attached hydrogens (tertiary/aromatic N) is 2. The number of hydrogen-bond donors (Lipinski definition) is 2. The highest BCUT2D eigenvalue weighted by atomic mass is 16.3. The van der Waals surface area contributed by atoms with Gasteiger partial charge in [-0.05, 0) is 32.1 Å². The molecule has 1 atom stereocenters. The fraction of sp³-hybridized carbons (Fsp3) is 0.857. The molecule has 0 aromatic rings. The molecule has 2 aliphatic rings. The van der Waals surface area contributed by atoms with Gasteiger partial charge in [-0.3, -0.25) is 4.79 Å². The molecule has 3 amide bonds. The van der Waals surface area contributed by atoms with E-state index in [1.807, 2.05) is 4.90 Å². The second kappa shape index (κ2) is 7.47. The van der Waals surface area contributed by atoms with Crippen LogP contribution in [0.3, 0.4) is 0 Å². The number of likely N-dealkylation sites (tertiary alicyclic amines) is 2. The molecule has 0 aromatic carbocycles. The van der Waals surface area contributed by atoms with Crippen molar-refractivity contribution in [1.29, 1.82) is 0 Å². The molecular formula is C14H25N3O3. The van der Waals surface area contributed by atoms with Gasteiger partial charge in [0, 0.05) is 32.6 Å². The molecule has 0 spiro atoms. The molecule has 0 aliphatic carbocycles. The van der Waals surface area contributed by atoms with Crippen molar-refractivity contribution < 1.29 is 14.7 Å². The van der Waals surface area contributed by atoms with Crippen LogP contribution in [0.25, 0.3) is 0 Å². The standard InChI is InChI=1S/C14H25N3O3/c18-11-12-5-1-2-10-17(12)14(20)15-7-4-9-16-8-3-6-13(16)19/h12,18H,1-11H2,(H,15,20). The molecule has 2 N–H and O–H groups in total. The number of amides is 3. The second-order valence-electron chi connectivity index (χ2n) is 5.60. The van der Waals surface area contributed by atoms with Crippen LogP contribution in [0.4, 0.5) is 4.79 Å². The van der Waals surface area contributed by atoms with Crippen LogP contribution < -0.4 is 5.32 Å². The Kier molecular flexibility index (Phi) is 5.64. The van der Waals surface area contributed by atoms with Crippen molar-refractivity contribution >= 4 is 11.9 Å². The van der Waals surface area contributed by atoms with E-state index < -0.39 is 0 Å². The van der Waals surface area contributed by atoms with Crippen molar-refractivity contribution in [2.24, 2.45) is 0 Å². The van der Waals surface area contributed by atoms with Crippen LogP contribution in [0.1, 0.15) is 38.5 Å². The normalized spacial score (nSPS) is 23.2. The molecule has 114 valence electrons. The minimum atomic E-state index is -0.0866. The maximum atomic E-state index is 12.1. The van der Waals surface area contributed by atoms with Crippen LogP contribution in [-0.2, 0) is 4.79 Å². The third-order valence-electron chi connectivity index (χ3n) is 4.15. The highest BCUT2D eigenvalue weighted by molar-refractivity contribution is 5.78. The van der Waals surface area contributed by atoms with E-state index in [1.165, 1.54) is 0 Å². The quantitative estimate of drug-likeness (QED) is 0.724. The highest BCUT2D eigenvalue weighted by Gasteiger charge is 2.25. The van der Waals surface area contributed by atoms with Gasteiger partial charge in [0.15, 0.2) is 0 Å². The summed E-state index contributed by atoms with van der Waals surface area (Å²) in [6.45, 7) is 2.92. The molecule has 0 saturated carbocycles. The summed E-state index contributed by atoms with van der Waals surface area (Å²) in [6, 6.07) is -0.125. The van der Waals surface area contributed by atoms with Gasteiger partial charge >= 0.3 is 6.03 Å². The molecule has 2 aliphatic heterocycles. The summed E-state index contributed by atoms with van der Waals surface area (Å²) in [5.74, 6) is 0.229. The van der Waals surface area contributed by atoms with E-state index in [4.69, 9.17) is 0 Å². The zero-order valence-electron chi connectivity index (χ0n) is 12.0. The average molecular weight is 283 g/mol. The number of rotatable bonds is 5. The molecule has 2 fully saturated rings. The highest BCUT2D eigenvalue weighted by Crippen LogP contribution is 2.16. The number of carbonyl (C=O) groups excluding carboxylic acids is 2. The van der Waals surface area contributed by atoms with Crippen LogP contribution in [-0.4, -0.2) is 65.7 Å². The number of piperidine rings is 1. The number of hydrogen-bond acceptors (Lipinski definition) is 3. The lowest BCUT2D eigenvalue weighted by Crippen LogP contribution is -2.50. The van der Waals surface area contributed by atoms with E-state index in [1.54, 1.807) is 4.90 Å². The number of aliphatic hydroxyl groups excluding tert-OH is 1. The van der Waals surface area contributed by atoms with Crippen LogP contribution >= 0.6 is 0 Å². The largest absolute Gasteiger partial charge is 0.394 e. The van der Waals surface area contributed by atoms with E-state index in [0.717, 1.165) is 51.7 Å². The number of aliphatic hydroxyl groups is 1. The van der Waals surface area contributed by atoms with Gasteiger partial charge in [0.2, 0.25) is 5.91 Å². The van der Waals surface area contributed by atoms with Gasteiger partial charge in [-0.1, -0.05) is 0 Å². The van der Waals surface area contributed by atoms with Crippen LogP contribution in [0.5, 0.6) is 0 Å². The van der Waals surface area contributed by atoms with Crippen LogP contribution in [0.2, 0.25) is 0 Å². The number of carbonyl (C=O) groups is 2. The van der Waals surface area contributed by atoms with Crippen molar-refractivity contribution in [1.82, 2.24) is 15.1 Å². The summed E-state index contributed by atoms with van der Waals surface area (Å²) in [4.78, 5) is 27.1. The number of urea groups is 1. The fourth-order valence-electron chi connectivity index (χ4n) is 2.96. The van der Waals surface area contributed by atoms with Gasteiger partial charge in [0.25, 0.3) is 0 Å². The Balaban J connectivity index is 1.65. The van der Waals surface area contributed by atoms with Crippen molar-refractivity contribution in [3.05, 3.63) is 0 Å². The third-order valence-corrected chi connectivity index (χ3v) is 4.15. The number of nitrogens with one attached hydrogen (secondary N) is 1. The van der Waals surface area contributed by atoms with E-state index in [0.29, 0.717) is 13.0 Å².